The fourth-order valence-electron chi connectivity index (χ4n) is 2.70. The van der Waals surface area contributed by atoms with Crippen molar-refractivity contribution in [2.75, 3.05) is 0 Å². The maximum atomic E-state index is 5.74. The second-order valence-corrected chi connectivity index (χ2v) is 5.46. The van der Waals surface area contributed by atoms with Gasteiger partial charge >= 0.3 is 0 Å². The molecule has 0 aliphatic rings. The van der Waals surface area contributed by atoms with Crippen LogP contribution in [-0.2, 0) is 6.42 Å². The average molecular weight is 268 g/mol. The van der Waals surface area contributed by atoms with E-state index in [1.54, 1.807) is 0 Å². The summed E-state index contributed by atoms with van der Waals surface area (Å²) >= 11 is 0. The van der Waals surface area contributed by atoms with Crippen LogP contribution in [0.15, 0.2) is 48.5 Å². The molecule has 2 aromatic carbocycles. The van der Waals surface area contributed by atoms with E-state index in [1.807, 2.05) is 0 Å². The van der Waals surface area contributed by atoms with E-state index in [0.29, 0.717) is 0 Å². The summed E-state index contributed by atoms with van der Waals surface area (Å²) in [6.45, 7) is 4.28. The van der Waals surface area contributed by atoms with Gasteiger partial charge in [0.2, 0.25) is 0 Å². The van der Waals surface area contributed by atoms with Gasteiger partial charge in [-0.25, -0.2) is 0 Å². The Morgan fingerprint density at radius 2 is 1.80 bits per heavy atom. The monoisotopic (exact) mass is 268 g/mol. The van der Waals surface area contributed by atoms with Crippen molar-refractivity contribution in [1.29, 1.82) is 0 Å². The molecule has 20 heavy (non-hydrogen) atoms. The van der Waals surface area contributed by atoms with Crippen LogP contribution in [0.2, 0.25) is 0 Å². The highest BCUT2D eigenvalue weighted by Gasteiger charge is 2.11. The molecule has 0 saturated heterocycles. The number of rotatable bonds is 6. The zero-order valence-corrected chi connectivity index (χ0v) is 12.4. The van der Waals surface area contributed by atoms with Crippen molar-refractivity contribution in [1.82, 2.24) is 5.43 Å². The molecular weight excluding hydrogens is 244 g/mol. The van der Waals surface area contributed by atoms with Crippen molar-refractivity contribution in [3.05, 3.63) is 70.8 Å². The van der Waals surface area contributed by atoms with Gasteiger partial charge in [-0.3, -0.25) is 11.3 Å². The third-order valence-corrected chi connectivity index (χ3v) is 3.80. The second-order valence-electron chi connectivity index (χ2n) is 5.46. The molecule has 0 fully saturated rings. The van der Waals surface area contributed by atoms with Gasteiger partial charge in [0.1, 0.15) is 0 Å². The molecular formula is C18H24N2. The molecule has 106 valence electrons. The van der Waals surface area contributed by atoms with Crippen LogP contribution in [0.4, 0.5) is 0 Å². The summed E-state index contributed by atoms with van der Waals surface area (Å²) in [4.78, 5) is 0. The number of hydrazine groups is 1. The average Bonchev–Trinajstić information content (AvgIpc) is 2.46. The van der Waals surface area contributed by atoms with E-state index in [0.717, 1.165) is 19.3 Å². The van der Waals surface area contributed by atoms with Gasteiger partial charge < -0.3 is 0 Å². The van der Waals surface area contributed by atoms with Crippen molar-refractivity contribution in [2.24, 2.45) is 5.84 Å². The maximum Gasteiger partial charge on any atom is 0.0462 e. The highest BCUT2D eigenvalue weighted by atomic mass is 15.2. The molecule has 2 nitrogen and oxygen atoms in total. The first-order chi connectivity index (χ1) is 9.70. The van der Waals surface area contributed by atoms with Crippen molar-refractivity contribution in [3.8, 4) is 0 Å². The lowest BCUT2D eigenvalue weighted by Gasteiger charge is -2.19. The van der Waals surface area contributed by atoms with E-state index < -0.39 is 0 Å². The van der Waals surface area contributed by atoms with Crippen molar-refractivity contribution in [2.45, 2.75) is 39.2 Å². The first-order valence-corrected chi connectivity index (χ1v) is 7.28. The van der Waals surface area contributed by atoms with Gasteiger partial charge in [-0.15, -0.1) is 0 Å². The Morgan fingerprint density at radius 3 is 2.45 bits per heavy atom. The first-order valence-electron chi connectivity index (χ1n) is 7.28. The zero-order chi connectivity index (χ0) is 14.4. The van der Waals surface area contributed by atoms with Gasteiger partial charge in [0, 0.05) is 6.04 Å². The maximum absolute atomic E-state index is 5.74. The third kappa shape index (κ3) is 3.92. The number of nitrogens with two attached hydrogens (primary N) is 1. The molecule has 0 amide bonds. The minimum Gasteiger partial charge on any atom is -0.271 e. The molecule has 0 spiro atoms. The number of hydrogen-bond donors (Lipinski definition) is 2. The van der Waals surface area contributed by atoms with E-state index in [1.165, 1.54) is 22.3 Å². The molecule has 0 radical (unpaired) electrons. The minimum atomic E-state index is 0.235. The lowest BCUT2D eigenvalue weighted by molar-refractivity contribution is 0.496. The predicted octanol–water partition coefficient (Wildman–Crippen LogP) is 3.83. The molecule has 2 rings (SSSR count). The number of nitrogens with one attached hydrogen (secondary N) is 1. The summed E-state index contributed by atoms with van der Waals surface area (Å²) in [5, 5.41) is 0. The highest BCUT2D eigenvalue weighted by Crippen LogP contribution is 2.23. The standard InChI is InChI=1S/C18H24N2/c1-14-11-12-17(15(2)13-14)18(20-19)10-6-9-16-7-4-3-5-8-16/h3-5,7-8,11-13,18,20H,6,9-10,19H2,1-2H3. The molecule has 1 unspecified atom stereocenters. The van der Waals surface area contributed by atoms with E-state index in [9.17, 15) is 0 Å². The lowest BCUT2D eigenvalue weighted by Crippen LogP contribution is -2.28. The molecule has 2 heteroatoms. The van der Waals surface area contributed by atoms with Crippen LogP contribution in [0.3, 0.4) is 0 Å². The Labute approximate surface area is 122 Å². The molecule has 0 aliphatic carbocycles. The van der Waals surface area contributed by atoms with E-state index in [-0.39, 0.29) is 6.04 Å². The summed E-state index contributed by atoms with van der Waals surface area (Å²) in [5.41, 5.74) is 8.28. The predicted molar refractivity (Wildman–Crippen MR) is 85.4 cm³/mol. The van der Waals surface area contributed by atoms with Crippen molar-refractivity contribution in [3.63, 3.8) is 0 Å². The molecule has 0 aliphatic heterocycles. The minimum absolute atomic E-state index is 0.235. The molecule has 0 saturated carbocycles. The Morgan fingerprint density at radius 1 is 1.05 bits per heavy atom. The zero-order valence-electron chi connectivity index (χ0n) is 12.4. The largest absolute Gasteiger partial charge is 0.271 e. The molecule has 0 bridgehead atoms. The topological polar surface area (TPSA) is 38.0 Å². The van der Waals surface area contributed by atoms with Crippen LogP contribution in [0.5, 0.6) is 0 Å². The lowest BCUT2D eigenvalue weighted by atomic mass is 9.95. The number of hydrogen-bond acceptors (Lipinski definition) is 2. The van der Waals surface area contributed by atoms with Crippen molar-refractivity contribution < 1.29 is 0 Å². The van der Waals surface area contributed by atoms with Crippen LogP contribution in [0.25, 0.3) is 0 Å². The molecule has 0 heterocycles. The fourth-order valence-corrected chi connectivity index (χ4v) is 2.70. The van der Waals surface area contributed by atoms with Crippen molar-refractivity contribution >= 4 is 0 Å². The SMILES string of the molecule is Cc1ccc(C(CCCc2ccccc2)NN)c(C)c1. The Kier molecular flexibility index (Phi) is 5.33. The number of aryl methyl sites for hydroxylation is 3. The van der Waals surface area contributed by atoms with Crippen LogP contribution in [0.1, 0.15) is 41.1 Å². The fraction of sp³-hybridized carbons (Fsp3) is 0.333. The van der Waals surface area contributed by atoms with Gasteiger partial charge in [0.15, 0.2) is 0 Å². The summed E-state index contributed by atoms with van der Waals surface area (Å²) < 4.78 is 0. The summed E-state index contributed by atoms with van der Waals surface area (Å²) in [6.07, 6.45) is 3.28. The highest BCUT2D eigenvalue weighted by molar-refractivity contribution is 5.32. The summed E-state index contributed by atoms with van der Waals surface area (Å²) in [6, 6.07) is 17.4. The van der Waals surface area contributed by atoms with E-state index in [2.05, 4.69) is 67.8 Å². The quantitative estimate of drug-likeness (QED) is 0.617. The molecule has 0 aromatic heterocycles. The third-order valence-electron chi connectivity index (χ3n) is 3.80. The second kappa shape index (κ2) is 7.22. The summed E-state index contributed by atoms with van der Waals surface area (Å²) in [7, 11) is 0. The smallest absolute Gasteiger partial charge is 0.0462 e. The van der Waals surface area contributed by atoms with Gasteiger partial charge in [-0.05, 0) is 49.8 Å². The van der Waals surface area contributed by atoms with Crippen LogP contribution in [-0.4, -0.2) is 0 Å². The Hall–Kier alpha value is -1.64. The van der Waals surface area contributed by atoms with Gasteiger partial charge in [-0.2, -0.15) is 0 Å². The van der Waals surface area contributed by atoms with E-state index in [4.69, 9.17) is 5.84 Å². The van der Waals surface area contributed by atoms with Gasteiger partial charge in [0.05, 0.1) is 0 Å². The molecule has 1 atom stereocenters. The summed E-state index contributed by atoms with van der Waals surface area (Å²) in [5.74, 6) is 5.74. The first kappa shape index (κ1) is 14.8. The van der Waals surface area contributed by atoms with Crippen LogP contribution < -0.4 is 11.3 Å². The Balaban J connectivity index is 1.95. The Bertz CT molecular complexity index is 534. The molecule has 3 N–H and O–H groups in total. The van der Waals surface area contributed by atoms with Crippen LogP contribution >= 0.6 is 0 Å². The number of benzene rings is 2. The van der Waals surface area contributed by atoms with Crippen LogP contribution in [0, 0.1) is 13.8 Å². The van der Waals surface area contributed by atoms with Gasteiger partial charge in [-0.1, -0.05) is 54.1 Å². The normalized spacial score (nSPS) is 12.3. The van der Waals surface area contributed by atoms with E-state index >= 15 is 0 Å². The molecule has 2 aromatic rings. The van der Waals surface area contributed by atoms with Gasteiger partial charge in [0.25, 0.3) is 0 Å².